The van der Waals surface area contributed by atoms with Crippen LogP contribution in [0.5, 0.6) is 5.75 Å². The van der Waals surface area contributed by atoms with Crippen molar-refractivity contribution >= 4 is 11.9 Å². The summed E-state index contributed by atoms with van der Waals surface area (Å²) in [4.78, 5) is 25.1. The van der Waals surface area contributed by atoms with Crippen molar-refractivity contribution in [2.75, 3.05) is 26.8 Å². The maximum atomic E-state index is 12.1. The number of carbonyl (C=O) groups excluding carboxylic acids is 2. The molecule has 0 bridgehead atoms. The fraction of sp³-hybridized carbons (Fsp3) is 0.500. The fourth-order valence-electron chi connectivity index (χ4n) is 1.94. The SMILES string of the molecule is CCOC(=O)CN(CC)C(=O)CCc1ccc(OC)cc1. The first-order valence-electron chi connectivity index (χ1n) is 7.17. The van der Waals surface area contributed by atoms with Crippen molar-refractivity contribution in [1.29, 1.82) is 0 Å². The molecule has 0 aliphatic heterocycles. The van der Waals surface area contributed by atoms with Crippen LogP contribution in [0.15, 0.2) is 24.3 Å². The predicted octanol–water partition coefficient (Wildman–Crippen LogP) is 2.04. The van der Waals surface area contributed by atoms with Crippen LogP contribution in [-0.4, -0.2) is 43.6 Å². The Balaban J connectivity index is 2.47. The molecule has 0 spiro atoms. The molecule has 116 valence electrons. The summed E-state index contributed by atoms with van der Waals surface area (Å²) < 4.78 is 9.96. The van der Waals surface area contributed by atoms with E-state index in [4.69, 9.17) is 9.47 Å². The number of nitrogens with zero attached hydrogens (tertiary/aromatic N) is 1. The maximum Gasteiger partial charge on any atom is 0.325 e. The second kappa shape index (κ2) is 9.00. The molecule has 0 aliphatic rings. The number of hydrogen-bond donors (Lipinski definition) is 0. The van der Waals surface area contributed by atoms with E-state index in [1.165, 1.54) is 4.90 Å². The number of carbonyl (C=O) groups is 2. The molecule has 1 aromatic carbocycles. The topological polar surface area (TPSA) is 55.8 Å². The molecule has 0 aromatic heterocycles. The summed E-state index contributed by atoms with van der Waals surface area (Å²) in [5.41, 5.74) is 1.07. The number of aryl methyl sites for hydroxylation is 1. The van der Waals surface area contributed by atoms with E-state index in [9.17, 15) is 9.59 Å². The zero-order chi connectivity index (χ0) is 15.7. The number of hydrogen-bond acceptors (Lipinski definition) is 4. The van der Waals surface area contributed by atoms with E-state index in [1.807, 2.05) is 31.2 Å². The second-order valence-corrected chi connectivity index (χ2v) is 4.56. The van der Waals surface area contributed by atoms with Crippen LogP contribution in [0.25, 0.3) is 0 Å². The molecular weight excluding hydrogens is 270 g/mol. The molecule has 5 nitrogen and oxygen atoms in total. The third-order valence-electron chi connectivity index (χ3n) is 3.15. The average Bonchev–Trinajstić information content (AvgIpc) is 2.51. The summed E-state index contributed by atoms with van der Waals surface area (Å²) >= 11 is 0. The van der Waals surface area contributed by atoms with Crippen LogP contribution in [0.4, 0.5) is 0 Å². The quantitative estimate of drug-likeness (QED) is 0.688. The summed E-state index contributed by atoms with van der Waals surface area (Å²) in [5, 5.41) is 0. The second-order valence-electron chi connectivity index (χ2n) is 4.56. The molecule has 0 saturated heterocycles. The van der Waals surface area contributed by atoms with Gasteiger partial charge in [-0.05, 0) is 38.0 Å². The van der Waals surface area contributed by atoms with E-state index in [0.717, 1.165) is 11.3 Å². The molecule has 5 heteroatoms. The molecule has 1 aromatic rings. The first kappa shape index (κ1) is 17.0. The fourth-order valence-corrected chi connectivity index (χ4v) is 1.94. The van der Waals surface area contributed by atoms with Crippen molar-refractivity contribution in [2.45, 2.75) is 26.7 Å². The molecule has 1 rings (SSSR count). The van der Waals surface area contributed by atoms with E-state index in [1.54, 1.807) is 14.0 Å². The number of benzene rings is 1. The van der Waals surface area contributed by atoms with Crippen LogP contribution >= 0.6 is 0 Å². The predicted molar refractivity (Wildman–Crippen MR) is 80.2 cm³/mol. The highest BCUT2D eigenvalue weighted by molar-refractivity contribution is 5.82. The van der Waals surface area contributed by atoms with Crippen molar-refractivity contribution in [2.24, 2.45) is 0 Å². The molecule has 0 atom stereocenters. The first-order valence-corrected chi connectivity index (χ1v) is 7.17. The summed E-state index contributed by atoms with van der Waals surface area (Å²) in [7, 11) is 1.62. The maximum absolute atomic E-state index is 12.1. The summed E-state index contributed by atoms with van der Waals surface area (Å²) in [6, 6.07) is 7.62. The van der Waals surface area contributed by atoms with Gasteiger partial charge >= 0.3 is 5.97 Å². The number of esters is 1. The van der Waals surface area contributed by atoms with E-state index < -0.39 is 0 Å². The Morgan fingerprint density at radius 2 is 1.81 bits per heavy atom. The average molecular weight is 293 g/mol. The van der Waals surface area contributed by atoms with Gasteiger partial charge in [0.2, 0.25) is 5.91 Å². The largest absolute Gasteiger partial charge is 0.497 e. The van der Waals surface area contributed by atoms with Crippen molar-refractivity contribution in [1.82, 2.24) is 4.90 Å². The lowest BCUT2D eigenvalue weighted by Crippen LogP contribution is -2.36. The Bertz CT molecular complexity index is 456. The van der Waals surface area contributed by atoms with Crippen molar-refractivity contribution in [3.63, 3.8) is 0 Å². The van der Waals surface area contributed by atoms with Crippen LogP contribution in [0.2, 0.25) is 0 Å². The standard InChI is InChI=1S/C16H23NO4/c1-4-17(12-16(19)21-5-2)15(18)11-8-13-6-9-14(20-3)10-7-13/h6-7,9-10H,4-5,8,11-12H2,1-3H3. The van der Waals surface area contributed by atoms with Crippen molar-refractivity contribution < 1.29 is 19.1 Å². The zero-order valence-electron chi connectivity index (χ0n) is 12.9. The van der Waals surface area contributed by atoms with Gasteiger partial charge in [0.05, 0.1) is 13.7 Å². The van der Waals surface area contributed by atoms with Crippen LogP contribution in [-0.2, 0) is 20.7 Å². The molecule has 0 aliphatic carbocycles. The summed E-state index contributed by atoms with van der Waals surface area (Å²) in [5.74, 6) is 0.390. The van der Waals surface area contributed by atoms with Crippen molar-refractivity contribution in [3.05, 3.63) is 29.8 Å². The lowest BCUT2D eigenvalue weighted by atomic mass is 10.1. The van der Waals surface area contributed by atoms with Gasteiger partial charge in [-0.3, -0.25) is 9.59 Å². The number of methoxy groups -OCH3 is 1. The van der Waals surface area contributed by atoms with Crippen LogP contribution in [0.1, 0.15) is 25.8 Å². The van der Waals surface area contributed by atoms with Gasteiger partial charge in [-0.1, -0.05) is 12.1 Å². The molecule has 0 N–H and O–H groups in total. The Hall–Kier alpha value is -2.04. The molecule has 21 heavy (non-hydrogen) atoms. The molecule has 0 saturated carbocycles. The minimum absolute atomic E-state index is 0.0196. The minimum Gasteiger partial charge on any atom is -0.497 e. The number of likely N-dealkylation sites (N-methyl/N-ethyl adjacent to an activating group) is 1. The highest BCUT2D eigenvalue weighted by atomic mass is 16.5. The van der Waals surface area contributed by atoms with Gasteiger partial charge < -0.3 is 14.4 Å². The molecule has 0 radical (unpaired) electrons. The lowest BCUT2D eigenvalue weighted by molar-refractivity contribution is -0.148. The third-order valence-corrected chi connectivity index (χ3v) is 3.15. The van der Waals surface area contributed by atoms with Gasteiger partial charge in [0.25, 0.3) is 0 Å². The monoisotopic (exact) mass is 293 g/mol. The molecular formula is C16H23NO4. The van der Waals surface area contributed by atoms with Gasteiger partial charge in [0, 0.05) is 13.0 Å². The molecule has 0 heterocycles. The smallest absolute Gasteiger partial charge is 0.325 e. The number of rotatable bonds is 8. The lowest BCUT2D eigenvalue weighted by Gasteiger charge is -2.19. The number of ether oxygens (including phenoxy) is 2. The number of amides is 1. The van der Waals surface area contributed by atoms with Crippen molar-refractivity contribution in [3.8, 4) is 5.75 Å². The molecule has 0 fully saturated rings. The third kappa shape index (κ3) is 5.85. The van der Waals surface area contributed by atoms with E-state index in [0.29, 0.717) is 26.0 Å². The first-order chi connectivity index (χ1) is 10.1. The van der Waals surface area contributed by atoms with Gasteiger partial charge in [-0.25, -0.2) is 0 Å². The normalized spacial score (nSPS) is 10.0. The Kier molecular flexibility index (Phi) is 7.29. The van der Waals surface area contributed by atoms with Crippen LogP contribution < -0.4 is 4.74 Å². The highest BCUT2D eigenvalue weighted by Gasteiger charge is 2.15. The van der Waals surface area contributed by atoms with Gasteiger partial charge in [-0.15, -0.1) is 0 Å². The Morgan fingerprint density at radius 3 is 2.33 bits per heavy atom. The van der Waals surface area contributed by atoms with Gasteiger partial charge in [0.1, 0.15) is 12.3 Å². The Labute approximate surface area is 125 Å². The summed E-state index contributed by atoms with van der Waals surface area (Å²) in [6.07, 6.45) is 1.02. The van der Waals surface area contributed by atoms with Gasteiger partial charge in [-0.2, -0.15) is 0 Å². The highest BCUT2D eigenvalue weighted by Crippen LogP contribution is 2.13. The van der Waals surface area contributed by atoms with E-state index >= 15 is 0 Å². The van der Waals surface area contributed by atoms with E-state index in [2.05, 4.69) is 0 Å². The van der Waals surface area contributed by atoms with Gasteiger partial charge in [0.15, 0.2) is 0 Å². The van der Waals surface area contributed by atoms with E-state index in [-0.39, 0.29) is 18.4 Å². The summed E-state index contributed by atoms with van der Waals surface area (Å²) in [6.45, 7) is 4.45. The van der Waals surface area contributed by atoms with Crippen LogP contribution in [0, 0.1) is 0 Å². The van der Waals surface area contributed by atoms with Crippen LogP contribution in [0.3, 0.4) is 0 Å². The minimum atomic E-state index is -0.364. The molecule has 1 amide bonds. The molecule has 0 unspecified atom stereocenters. The zero-order valence-corrected chi connectivity index (χ0v) is 12.9. The Morgan fingerprint density at radius 1 is 1.14 bits per heavy atom.